The van der Waals surface area contributed by atoms with Crippen molar-refractivity contribution in [3.8, 4) is 50.2 Å². The van der Waals surface area contributed by atoms with Gasteiger partial charge >= 0.3 is 0 Å². The predicted molar refractivity (Wildman–Crippen MR) is 221 cm³/mol. The largest absolute Gasteiger partial charge is 0.409 e. The summed E-state index contributed by atoms with van der Waals surface area (Å²) in [5.41, 5.74) is 11.6. The number of imidazole rings is 1. The fourth-order valence-corrected chi connectivity index (χ4v) is 7.49. The first-order valence-electron chi connectivity index (χ1n) is 17.5. The lowest BCUT2D eigenvalue weighted by molar-refractivity contribution is 0.204. The van der Waals surface area contributed by atoms with Crippen molar-refractivity contribution in [2.75, 3.05) is 0 Å². The van der Waals surface area contributed by atoms with Crippen molar-refractivity contribution in [1.82, 2.24) is 14.5 Å². The average Bonchev–Trinajstić information content (AvgIpc) is 3.59. The molecule has 244 valence electrons. The number of fused-ring (bicyclic) bond motifs is 3. The lowest BCUT2D eigenvalue weighted by Crippen LogP contribution is -2.39. The molecule has 0 spiro atoms. The number of pyridine rings is 1. The third-order valence-corrected chi connectivity index (χ3v) is 10.1. The summed E-state index contributed by atoms with van der Waals surface area (Å²) in [7, 11) is 17.9. The smallest absolute Gasteiger partial charge is 0.110 e. The summed E-state index contributed by atoms with van der Waals surface area (Å²) >= 11 is 0. The zero-order valence-corrected chi connectivity index (χ0v) is 28.8. The molecule has 1 unspecified atom stereocenters. The van der Waals surface area contributed by atoms with E-state index in [9.17, 15) is 5.11 Å². The molecule has 2 heterocycles. The van der Waals surface area contributed by atoms with Crippen LogP contribution in [-0.2, 0) is 0 Å². The molecule has 4 nitrogen and oxygen atoms in total. The van der Waals surface area contributed by atoms with Crippen LogP contribution in [0.25, 0.3) is 82.8 Å². The Morgan fingerprint density at radius 3 is 1.36 bits per heavy atom. The van der Waals surface area contributed by atoms with Crippen molar-refractivity contribution >= 4 is 56.1 Å². The van der Waals surface area contributed by atoms with E-state index in [1.54, 1.807) is 0 Å². The molecule has 0 bridgehead atoms. The highest BCUT2D eigenvalue weighted by Crippen LogP contribution is 2.44. The molecule has 6 radical (unpaired) electrons. The minimum Gasteiger partial charge on any atom is -0.409 e. The maximum Gasteiger partial charge on any atom is 0.110 e. The SMILES string of the molecule is [B]C(c1nc2ccccc2n1-c1ccc(-c2ccc(-c3c4ccccc4c(-c4ccc(-c5ccncc5)cc4)c4ccccc34)cc2)cc1)C([B])([B])O. The Hall–Kier alpha value is -6.17. The van der Waals surface area contributed by atoms with Crippen LogP contribution in [0.1, 0.15) is 11.6 Å². The van der Waals surface area contributed by atoms with Gasteiger partial charge < -0.3 is 5.11 Å². The molecule has 0 aliphatic heterocycles. The Morgan fingerprint density at radius 1 is 0.491 bits per heavy atom. The fourth-order valence-electron chi connectivity index (χ4n) is 7.49. The van der Waals surface area contributed by atoms with Gasteiger partial charge in [0.1, 0.15) is 5.82 Å². The number of hydrogen-bond acceptors (Lipinski definition) is 3. The quantitative estimate of drug-likeness (QED) is 0.136. The summed E-state index contributed by atoms with van der Waals surface area (Å²) in [6.07, 6.45) is 3.66. The molecule has 1 atom stereocenters. The van der Waals surface area contributed by atoms with E-state index in [0.29, 0.717) is 5.82 Å². The molecule has 53 heavy (non-hydrogen) atoms. The van der Waals surface area contributed by atoms with Gasteiger partial charge in [0.25, 0.3) is 0 Å². The Bertz CT molecular complexity index is 2700. The van der Waals surface area contributed by atoms with E-state index in [-0.39, 0.29) is 0 Å². The topological polar surface area (TPSA) is 50.9 Å². The number of nitrogens with zero attached hydrogens (tertiary/aromatic N) is 3. The Kier molecular flexibility index (Phi) is 8.09. The summed E-state index contributed by atoms with van der Waals surface area (Å²) in [5, 5.41) is 13.0. The third kappa shape index (κ3) is 5.84. The van der Waals surface area contributed by atoms with Crippen LogP contribution in [0.4, 0.5) is 0 Å². The van der Waals surface area contributed by atoms with Gasteiger partial charge in [-0.05, 0) is 114 Å². The number of rotatable bonds is 7. The second-order valence-corrected chi connectivity index (χ2v) is 13.4. The Balaban J connectivity index is 1.10. The van der Waals surface area contributed by atoms with Crippen molar-refractivity contribution in [1.29, 1.82) is 0 Å². The summed E-state index contributed by atoms with van der Waals surface area (Å²) in [4.78, 5) is 8.84. The standard InChI is InChI=1S/C46H30B3N3O/c47-44(46(48,49)53)45-51-40-11-5-6-12-41(40)52(45)35-23-21-31(22-24-35)29-13-17-33(18-14-29)42-36-7-1-3-9-38(36)43(39-10-4-2-8-37(39)42)34-19-15-30(16-20-34)32-25-27-50-28-26-32/h1-28,44,53H. The van der Waals surface area contributed by atoms with Crippen LogP contribution in [0.2, 0.25) is 0 Å². The van der Waals surface area contributed by atoms with Crippen molar-refractivity contribution in [2.24, 2.45) is 0 Å². The van der Waals surface area contributed by atoms with Crippen LogP contribution >= 0.6 is 0 Å². The van der Waals surface area contributed by atoms with Gasteiger partial charge in [0, 0.05) is 18.1 Å². The molecule has 9 aromatic rings. The lowest BCUT2D eigenvalue weighted by Gasteiger charge is -2.27. The maximum atomic E-state index is 10.3. The Morgan fingerprint density at radius 2 is 0.887 bits per heavy atom. The number of hydrogen-bond donors (Lipinski definition) is 1. The van der Waals surface area contributed by atoms with Gasteiger partial charge in [-0.2, -0.15) is 0 Å². The van der Waals surface area contributed by atoms with Gasteiger partial charge in [0.2, 0.25) is 0 Å². The summed E-state index contributed by atoms with van der Waals surface area (Å²) < 4.78 is 1.90. The molecule has 0 aliphatic rings. The minimum atomic E-state index is -2.13. The van der Waals surface area contributed by atoms with E-state index in [1.807, 2.05) is 65.5 Å². The Labute approximate surface area is 312 Å². The van der Waals surface area contributed by atoms with Gasteiger partial charge in [-0.1, -0.05) is 121 Å². The first-order valence-corrected chi connectivity index (χ1v) is 17.5. The molecule has 0 saturated heterocycles. The molecule has 0 aliphatic carbocycles. The maximum absolute atomic E-state index is 10.3. The van der Waals surface area contributed by atoms with E-state index < -0.39 is 11.2 Å². The van der Waals surface area contributed by atoms with Gasteiger partial charge in [-0.3, -0.25) is 9.55 Å². The highest BCUT2D eigenvalue weighted by molar-refractivity contribution is 6.43. The van der Waals surface area contributed by atoms with E-state index in [4.69, 9.17) is 23.5 Å². The zero-order chi connectivity index (χ0) is 36.1. The van der Waals surface area contributed by atoms with Gasteiger partial charge in [0.15, 0.2) is 0 Å². The lowest BCUT2D eigenvalue weighted by atomic mass is 9.52. The molecule has 2 aromatic heterocycles. The van der Waals surface area contributed by atoms with Crippen LogP contribution in [0.15, 0.2) is 170 Å². The van der Waals surface area contributed by atoms with E-state index in [2.05, 4.69) is 119 Å². The fraction of sp³-hybridized carbons (Fsp3) is 0.0435. The molecule has 0 fully saturated rings. The number of para-hydroxylation sites is 2. The number of aromatic nitrogens is 3. The molecule has 0 saturated carbocycles. The number of benzene rings is 7. The second kappa shape index (κ2) is 13.1. The van der Waals surface area contributed by atoms with Crippen LogP contribution in [0, 0.1) is 0 Å². The first kappa shape index (κ1) is 32.7. The van der Waals surface area contributed by atoms with Crippen LogP contribution in [0.3, 0.4) is 0 Å². The summed E-state index contributed by atoms with van der Waals surface area (Å²) in [6.45, 7) is 0. The molecular formula is C46H30B3N3O. The third-order valence-electron chi connectivity index (χ3n) is 10.1. The average molecular weight is 673 g/mol. The number of aliphatic hydroxyl groups is 1. The van der Waals surface area contributed by atoms with Gasteiger partial charge in [-0.15, -0.1) is 0 Å². The van der Waals surface area contributed by atoms with Crippen molar-refractivity contribution in [3.05, 3.63) is 176 Å². The first-order chi connectivity index (χ1) is 25.8. The normalized spacial score (nSPS) is 12.4. The molecule has 7 heteroatoms. The molecule has 9 rings (SSSR count). The van der Waals surface area contributed by atoms with E-state index >= 15 is 0 Å². The van der Waals surface area contributed by atoms with Gasteiger partial charge in [0.05, 0.1) is 34.6 Å². The molecule has 7 aromatic carbocycles. The molecule has 0 amide bonds. The highest BCUT2D eigenvalue weighted by atomic mass is 16.3. The van der Waals surface area contributed by atoms with Crippen LogP contribution in [0.5, 0.6) is 0 Å². The van der Waals surface area contributed by atoms with Crippen LogP contribution < -0.4 is 0 Å². The van der Waals surface area contributed by atoms with E-state index in [1.165, 1.54) is 38.2 Å². The zero-order valence-electron chi connectivity index (χ0n) is 28.8. The van der Waals surface area contributed by atoms with Crippen molar-refractivity contribution in [2.45, 2.75) is 11.2 Å². The molecule has 1 N–H and O–H groups in total. The highest BCUT2D eigenvalue weighted by Gasteiger charge is 2.28. The second-order valence-electron chi connectivity index (χ2n) is 13.4. The van der Waals surface area contributed by atoms with Gasteiger partial charge in [-0.25, -0.2) is 4.98 Å². The summed E-state index contributed by atoms with van der Waals surface area (Å²) in [5.74, 6) is -0.732. The van der Waals surface area contributed by atoms with Crippen molar-refractivity contribution in [3.63, 3.8) is 0 Å². The summed E-state index contributed by atoms with van der Waals surface area (Å²) in [6, 6.07) is 55.0. The predicted octanol–water partition coefficient (Wildman–Crippen LogP) is 9.59. The van der Waals surface area contributed by atoms with Crippen molar-refractivity contribution < 1.29 is 5.11 Å². The molecular weight excluding hydrogens is 643 g/mol. The minimum absolute atomic E-state index is 0.378. The van der Waals surface area contributed by atoms with Crippen LogP contribution in [-0.4, -0.2) is 48.6 Å². The monoisotopic (exact) mass is 673 g/mol. The van der Waals surface area contributed by atoms with E-state index in [0.717, 1.165) is 44.5 Å².